The van der Waals surface area contributed by atoms with Crippen molar-refractivity contribution in [2.45, 2.75) is 50.9 Å². The van der Waals surface area contributed by atoms with Crippen molar-refractivity contribution in [2.24, 2.45) is 5.41 Å². The SMILES string of the molecule is Cc1cc(N)nc(-c2c(Cl)cc3c(N4CC5CCC(C4)N5)nc(OCC4(CN5CCS(=O)(=O)CC5)CC4)nc3c2F)c1C(F)(F)F. The molecule has 3 saturated heterocycles. The molecule has 4 fully saturated rings. The zero-order chi connectivity index (χ0) is 32.6. The molecule has 0 radical (unpaired) electrons. The molecule has 0 amide bonds. The summed E-state index contributed by atoms with van der Waals surface area (Å²) in [5, 5.41) is 3.53. The first-order valence-electron chi connectivity index (χ1n) is 15.3. The van der Waals surface area contributed by atoms with E-state index in [0.717, 1.165) is 31.7 Å². The fraction of sp³-hybridized carbons (Fsp3) is 0.567. The Labute approximate surface area is 268 Å². The number of anilines is 2. The van der Waals surface area contributed by atoms with Crippen molar-refractivity contribution in [1.29, 1.82) is 0 Å². The number of ether oxygens (including phenoxy) is 1. The summed E-state index contributed by atoms with van der Waals surface area (Å²) in [6.45, 7) is 4.22. The maximum Gasteiger partial charge on any atom is 0.418 e. The predicted octanol–water partition coefficient (Wildman–Crippen LogP) is 4.22. The second-order valence-electron chi connectivity index (χ2n) is 13.1. The van der Waals surface area contributed by atoms with Gasteiger partial charge in [-0.2, -0.15) is 23.1 Å². The third kappa shape index (κ3) is 6.06. The summed E-state index contributed by atoms with van der Waals surface area (Å²) >= 11 is 6.58. The molecule has 2 aromatic heterocycles. The zero-order valence-electron chi connectivity index (χ0n) is 25.1. The Balaban J connectivity index is 1.29. The Bertz CT molecular complexity index is 1800. The minimum absolute atomic E-state index is 0.0965. The van der Waals surface area contributed by atoms with Gasteiger partial charge in [0.1, 0.15) is 17.2 Å². The van der Waals surface area contributed by atoms with E-state index in [9.17, 15) is 21.6 Å². The van der Waals surface area contributed by atoms with Crippen molar-refractivity contribution in [2.75, 3.05) is 61.5 Å². The number of halogens is 5. The number of sulfone groups is 1. The molecule has 1 saturated carbocycles. The average molecular weight is 684 g/mol. The van der Waals surface area contributed by atoms with Crippen LogP contribution in [0.2, 0.25) is 5.02 Å². The molecule has 2 bridgehead atoms. The molecule has 2 atom stereocenters. The van der Waals surface area contributed by atoms with Crippen LogP contribution in [0.1, 0.15) is 36.8 Å². The van der Waals surface area contributed by atoms with Gasteiger partial charge < -0.3 is 25.6 Å². The van der Waals surface area contributed by atoms with Crippen molar-refractivity contribution >= 4 is 44.0 Å². The monoisotopic (exact) mass is 683 g/mol. The molecule has 10 nitrogen and oxygen atoms in total. The number of piperazine rings is 1. The summed E-state index contributed by atoms with van der Waals surface area (Å²) in [6.07, 6.45) is -1.16. The van der Waals surface area contributed by atoms with Crippen molar-refractivity contribution in [3.63, 3.8) is 0 Å². The third-order valence-corrected chi connectivity index (χ3v) is 11.5. The number of rotatable bonds is 7. The van der Waals surface area contributed by atoms with Gasteiger partial charge in [0.25, 0.3) is 0 Å². The molecule has 4 aliphatic rings. The molecular formula is C30H34ClF4N7O3S. The molecule has 16 heteroatoms. The first kappa shape index (κ1) is 31.6. The maximum atomic E-state index is 16.6. The third-order valence-electron chi connectivity index (χ3n) is 9.58. The van der Waals surface area contributed by atoms with E-state index in [2.05, 4.69) is 20.2 Å². The van der Waals surface area contributed by atoms with Crippen LogP contribution in [-0.2, 0) is 16.0 Å². The quantitative estimate of drug-likeness (QED) is 0.350. The van der Waals surface area contributed by atoms with Crippen molar-refractivity contribution < 1.29 is 30.7 Å². The fourth-order valence-corrected chi connectivity index (χ4v) is 8.57. The lowest BCUT2D eigenvalue weighted by molar-refractivity contribution is -0.137. The maximum absolute atomic E-state index is 16.6. The van der Waals surface area contributed by atoms with E-state index in [1.165, 1.54) is 13.0 Å². The van der Waals surface area contributed by atoms with Gasteiger partial charge in [-0.05, 0) is 50.3 Å². The molecule has 3 aliphatic heterocycles. The molecule has 1 aliphatic carbocycles. The molecule has 3 aromatic rings. The highest BCUT2D eigenvalue weighted by Crippen LogP contribution is 2.48. The van der Waals surface area contributed by atoms with Gasteiger partial charge in [-0.1, -0.05) is 11.6 Å². The first-order chi connectivity index (χ1) is 21.7. The topological polar surface area (TPSA) is 127 Å². The van der Waals surface area contributed by atoms with Gasteiger partial charge in [-0.15, -0.1) is 0 Å². The van der Waals surface area contributed by atoms with Crippen LogP contribution in [0.15, 0.2) is 12.1 Å². The van der Waals surface area contributed by atoms with Crippen LogP contribution in [0.4, 0.5) is 29.2 Å². The number of fused-ring (bicyclic) bond motifs is 3. The molecule has 46 heavy (non-hydrogen) atoms. The molecule has 5 heterocycles. The smallest absolute Gasteiger partial charge is 0.418 e. The predicted molar refractivity (Wildman–Crippen MR) is 166 cm³/mol. The van der Waals surface area contributed by atoms with E-state index in [0.29, 0.717) is 38.5 Å². The Morgan fingerprint density at radius 2 is 1.78 bits per heavy atom. The summed E-state index contributed by atoms with van der Waals surface area (Å²) < 4.78 is 89.3. The summed E-state index contributed by atoms with van der Waals surface area (Å²) in [4.78, 5) is 17.2. The Morgan fingerprint density at radius 3 is 2.41 bits per heavy atom. The first-order valence-corrected chi connectivity index (χ1v) is 17.5. The van der Waals surface area contributed by atoms with E-state index >= 15 is 4.39 Å². The van der Waals surface area contributed by atoms with Crippen LogP contribution >= 0.6 is 11.6 Å². The van der Waals surface area contributed by atoms with Crippen LogP contribution in [0.5, 0.6) is 6.01 Å². The Hall–Kier alpha value is -3.01. The van der Waals surface area contributed by atoms with Crippen LogP contribution < -0.4 is 20.7 Å². The summed E-state index contributed by atoms with van der Waals surface area (Å²) in [7, 11) is -3.01. The van der Waals surface area contributed by atoms with Gasteiger partial charge in [0.2, 0.25) is 0 Å². The number of nitrogen functional groups attached to an aromatic ring is 1. The summed E-state index contributed by atoms with van der Waals surface area (Å²) in [6, 6.07) is 2.81. The van der Waals surface area contributed by atoms with E-state index in [-0.39, 0.29) is 68.9 Å². The Kier molecular flexibility index (Phi) is 7.76. The highest BCUT2D eigenvalue weighted by Gasteiger charge is 2.46. The second kappa shape index (κ2) is 11.3. The van der Waals surface area contributed by atoms with Gasteiger partial charge in [0, 0.05) is 55.6 Å². The molecular weight excluding hydrogens is 650 g/mol. The average Bonchev–Trinajstić information content (AvgIpc) is 3.66. The summed E-state index contributed by atoms with van der Waals surface area (Å²) in [5.41, 5.74) is 2.78. The molecule has 248 valence electrons. The number of nitrogens with two attached hydrogens (primary N) is 1. The number of aryl methyl sites for hydroxylation is 1. The number of hydrogen-bond donors (Lipinski definition) is 2. The minimum Gasteiger partial charge on any atom is -0.463 e. The number of nitrogens with one attached hydrogen (secondary N) is 1. The Morgan fingerprint density at radius 1 is 1.11 bits per heavy atom. The van der Waals surface area contributed by atoms with Crippen molar-refractivity contribution in [3.05, 3.63) is 34.1 Å². The minimum atomic E-state index is -4.85. The van der Waals surface area contributed by atoms with Crippen LogP contribution in [0.25, 0.3) is 22.2 Å². The summed E-state index contributed by atoms with van der Waals surface area (Å²) in [5.74, 6) is -0.650. The second-order valence-corrected chi connectivity index (χ2v) is 15.8. The molecule has 7 rings (SSSR count). The van der Waals surface area contributed by atoms with Crippen molar-refractivity contribution in [3.8, 4) is 17.3 Å². The van der Waals surface area contributed by atoms with Gasteiger partial charge in [-0.25, -0.2) is 17.8 Å². The lowest BCUT2D eigenvalue weighted by atomic mass is 9.99. The van der Waals surface area contributed by atoms with E-state index in [1.54, 1.807) is 0 Å². The van der Waals surface area contributed by atoms with Gasteiger partial charge in [0.05, 0.1) is 40.0 Å². The number of hydrogen-bond acceptors (Lipinski definition) is 10. The van der Waals surface area contributed by atoms with Crippen LogP contribution in [-0.4, -0.2) is 91.2 Å². The molecule has 2 unspecified atom stereocenters. The van der Waals surface area contributed by atoms with Crippen molar-refractivity contribution in [1.82, 2.24) is 25.2 Å². The highest BCUT2D eigenvalue weighted by molar-refractivity contribution is 7.91. The lowest BCUT2D eigenvalue weighted by Gasteiger charge is -2.34. The largest absolute Gasteiger partial charge is 0.463 e. The van der Waals surface area contributed by atoms with E-state index in [4.69, 9.17) is 27.1 Å². The number of benzene rings is 1. The lowest BCUT2D eigenvalue weighted by Crippen LogP contribution is -2.51. The number of pyridine rings is 1. The van der Waals surface area contributed by atoms with E-state index < -0.39 is 38.7 Å². The van der Waals surface area contributed by atoms with Crippen LogP contribution in [0.3, 0.4) is 0 Å². The number of aromatic nitrogens is 3. The normalized spacial score (nSPS) is 24.0. The molecule has 1 aromatic carbocycles. The van der Waals surface area contributed by atoms with Gasteiger partial charge in [0.15, 0.2) is 15.7 Å². The van der Waals surface area contributed by atoms with Gasteiger partial charge in [-0.3, -0.25) is 0 Å². The van der Waals surface area contributed by atoms with Gasteiger partial charge >= 0.3 is 12.2 Å². The number of alkyl halides is 3. The standard InChI is InChI=1S/C30H34ClF4N7O3S/c1-16-10-21(36)38-26(23(16)30(33,34)35)22-20(31)11-19-25(24(22)32)39-28(40-27(19)42-12-17-2-3-18(13-42)37-17)45-15-29(4-5-29)14-41-6-8-46(43,44)9-7-41/h10-11,17-18,37H,2-9,12-15H2,1H3,(H2,36,38). The highest BCUT2D eigenvalue weighted by atomic mass is 35.5. The van der Waals surface area contributed by atoms with Crippen LogP contribution in [0, 0.1) is 18.2 Å². The fourth-order valence-electron chi connectivity index (χ4n) is 7.01. The van der Waals surface area contributed by atoms with E-state index in [1.807, 2.05) is 4.90 Å². The molecule has 0 spiro atoms. The number of nitrogens with zero attached hydrogens (tertiary/aromatic N) is 5. The molecule has 3 N–H and O–H groups in total. The zero-order valence-corrected chi connectivity index (χ0v) is 26.7.